The summed E-state index contributed by atoms with van der Waals surface area (Å²) >= 11 is 0. The number of allylic oxidation sites excluding steroid dienone is 6. The number of fused-ring (bicyclic) bond motifs is 7. The smallest absolute Gasteiger partial charge is 0.313 e. The number of hydrogen-bond acceptors (Lipinski definition) is 7. The second-order valence-corrected chi connectivity index (χ2v) is 24.5. The second-order valence-electron chi connectivity index (χ2n) is 22.4. The minimum absolute atomic E-state index is 0.0156. The highest BCUT2D eigenvalue weighted by Crippen LogP contribution is 2.76. The highest BCUT2D eigenvalue weighted by Gasteiger charge is 2.70. The first kappa shape index (κ1) is 43.9. The van der Waals surface area contributed by atoms with E-state index in [1.54, 1.807) is 18.3 Å². The van der Waals surface area contributed by atoms with Gasteiger partial charge in [-0.1, -0.05) is 71.1 Å². The number of pyridine rings is 1. The fourth-order valence-electron chi connectivity index (χ4n) is 15.7. The quantitative estimate of drug-likeness (QED) is 0.188. The molecule has 1 unspecified atom stereocenters. The lowest BCUT2D eigenvalue weighted by Crippen LogP contribution is -2.68. The van der Waals surface area contributed by atoms with Crippen LogP contribution in [0.3, 0.4) is 0 Å². The summed E-state index contributed by atoms with van der Waals surface area (Å²) in [6.07, 6.45) is 24.0. The molecule has 0 saturated heterocycles. The molecule has 0 aromatic carbocycles. The van der Waals surface area contributed by atoms with Crippen LogP contribution in [0.2, 0.25) is 0 Å². The Bertz CT molecular complexity index is 2080. The van der Waals surface area contributed by atoms with Gasteiger partial charge in [0.2, 0.25) is 5.88 Å². The molecular weight excluding hydrogens is 769 g/mol. The van der Waals surface area contributed by atoms with E-state index in [9.17, 15) is 23.4 Å². The Labute approximate surface area is 361 Å². The van der Waals surface area contributed by atoms with Crippen molar-refractivity contribution in [3.05, 3.63) is 70.8 Å². The molecular formula is C51H74N2O6S. The first-order chi connectivity index (χ1) is 28.1. The summed E-state index contributed by atoms with van der Waals surface area (Å²) in [5.74, 6) is 2.48. The third-order valence-corrected chi connectivity index (χ3v) is 20.6. The number of ether oxygens (including phenoxy) is 1. The van der Waals surface area contributed by atoms with Gasteiger partial charge in [0.05, 0.1) is 5.60 Å². The highest BCUT2D eigenvalue weighted by molar-refractivity contribution is 7.94. The Hall–Kier alpha value is -2.75. The van der Waals surface area contributed by atoms with Gasteiger partial charge >= 0.3 is 5.97 Å². The van der Waals surface area contributed by atoms with Crippen LogP contribution in [0.1, 0.15) is 144 Å². The van der Waals surface area contributed by atoms with Crippen LogP contribution in [0, 0.1) is 56.7 Å². The van der Waals surface area contributed by atoms with E-state index in [0.29, 0.717) is 78.9 Å². The van der Waals surface area contributed by atoms with Crippen LogP contribution in [-0.2, 0) is 14.6 Å². The minimum Gasteiger partial charge on any atom is -0.481 e. The van der Waals surface area contributed by atoms with E-state index < -0.39 is 26.8 Å². The summed E-state index contributed by atoms with van der Waals surface area (Å²) in [6.45, 7) is 20.7. The van der Waals surface area contributed by atoms with Gasteiger partial charge in [-0.25, -0.2) is 13.4 Å². The molecule has 60 heavy (non-hydrogen) atoms. The number of rotatable bonds is 11. The van der Waals surface area contributed by atoms with Gasteiger partial charge in [0.15, 0.2) is 9.84 Å². The zero-order valence-corrected chi connectivity index (χ0v) is 38.6. The molecule has 7 aliphatic rings. The normalized spacial score (nSPS) is 42.3. The van der Waals surface area contributed by atoms with Crippen molar-refractivity contribution in [1.29, 1.82) is 0 Å². The molecule has 8 nitrogen and oxygen atoms in total. The van der Waals surface area contributed by atoms with E-state index in [1.807, 2.05) is 12.1 Å². The Kier molecular flexibility index (Phi) is 11.1. The van der Waals surface area contributed by atoms with Crippen molar-refractivity contribution in [2.75, 3.05) is 19.4 Å². The Morgan fingerprint density at radius 3 is 2.32 bits per heavy atom. The van der Waals surface area contributed by atoms with E-state index in [-0.39, 0.29) is 33.8 Å². The van der Waals surface area contributed by atoms with E-state index in [1.165, 1.54) is 61.5 Å². The molecule has 3 N–H and O–H groups in total. The van der Waals surface area contributed by atoms with Crippen molar-refractivity contribution in [3.63, 3.8) is 0 Å². The Morgan fingerprint density at radius 1 is 0.900 bits per heavy atom. The lowest BCUT2D eigenvalue weighted by Gasteiger charge is -2.72. The number of sulfone groups is 1. The van der Waals surface area contributed by atoms with Crippen LogP contribution in [0.4, 0.5) is 0 Å². The second kappa shape index (κ2) is 15.2. The molecule has 0 spiro atoms. The summed E-state index contributed by atoms with van der Waals surface area (Å²) in [5, 5.41) is 26.2. The monoisotopic (exact) mass is 843 g/mol. The predicted octanol–water partition coefficient (Wildman–Crippen LogP) is 10.4. The SMILES string of the molecule is C=C(C)[C@@H]1CC[C@]2(NCC[C@@]3(O)CC=C(S(C)(=O)=O)CC3)CC[C@]3(C)[C@H](CC[C@@H]4[C@@]5(C)CC=C(C6=CCC(COc7ccccn7)(C(=O)O)CC6)C(C)(C)[C@@H]5CC[C@]43C)[C@@H]12. The van der Waals surface area contributed by atoms with Crippen molar-refractivity contribution in [3.8, 4) is 5.88 Å². The zero-order chi connectivity index (χ0) is 43.1. The number of carboxylic acids is 1. The van der Waals surface area contributed by atoms with Crippen molar-refractivity contribution in [2.45, 2.75) is 155 Å². The zero-order valence-electron chi connectivity index (χ0n) is 37.7. The van der Waals surface area contributed by atoms with Crippen LogP contribution in [0.25, 0.3) is 0 Å². The molecule has 8 rings (SSSR count). The van der Waals surface area contributed by atoms with Gasteiger partial charge < -0.3 is 20.3 Å². The maximum absolute atomic E-state index is 12.7. The first-order valence-corrected chi connectivity index (χ1v) is 25.2. The number of aromatic nitrogens is 1. The van der Waals surface area contributed by atoms with Gasteiger partial charge in [-0.3, -0.25) is 4.79 Å². The summed E-state index contributed by atoms with van der Waals surface area (Å²) in [4.78, 5) is 17.5. The molecule has 1 aromatic rings. The fourth-order valence-corrected chi connectivity index (χ4v) is 16.6. The van der Waals surface area contributed by atoms with E-state index in [4.69, 9.17) is 4.74 Å². The van der Waals surface area contributed by atoms with E-state index >= 15 is 0 Å². The number of hydrogen-bond donors (Lipinski definition) is 3. The molecule has 0 amide bonds. The number of nitrogens with zero attached hydrogens (tertiary/aromatic N) is 1. The maximum atomic E-state index is 12.7. The number of carbonyl (C=O) groups is 1. The Morgan fingerprint density at radius 2 is 1.68 bits per heavy atom. The molecule has 4 saturated carbocycles. The van der Waals surface area contributed by atoms with E-state index in [2.05, 4.69) is 70.6 Å². The topological polar surface area (TPSA) is 126 Å². The third-order valence-electron chi connectivity index (χ3n) is 19.3. The molecule has 330 valence electrons. The van der Waals surface area contributed by atoms with Gasteiger partial charge in [0.25, 0.3) is 0 Å². The van der Waals surface area contributed by atoms with Crippen LogP contribution in [0.5, 0.6) is 5.88 Å². The van der Waals surface area contributed by atoms with Gasteiger partial charge in [-0.15, -0.1) is 0 Å². The fraction of sp³-hybridized carbons (Fsp3) is 0.725. The maximum Gasteiger partial charge on any atom is 0.313 e. The minimum atomic E-state index is -3.21. The Balaban J connectivity index is 1.01. The van der Waals surface area contributed by atoms with Crippen LogP contribution < -0.4 is 10.1 Å². The van der Waals surface area contributed by atoms with E-state index in [0.717, 1.165) is 32.2 Å². The molecule has 7 aliphatic carbocycles. The molecule has 0 radical (unpaired) electrons. The predicted molar refractivity (Wildman–Crippen MR) is 239 cm³/mol. The van der Waals surface area contributed by atoms with Crippen molar-refractivity contribution < 1.29 is 28.2 Å². The molecule has 0 aliphatic heterocycles. The van der Waals surface area contributed by atoms with Crippen LogP contribution in [-0.4, -0.2) is 60.1 Å². The third kappa shape index (κ3) is 7.01. The summed E-state index contributed by atoms with van der Waals surface area (Å²) in [5.41, 5.74) is 2.94. The van der Waals surface area contributed by atoms with Crippen LogP contribution in [0.15, 0.2) is 70.8 Å². The number of nitrogens with one attached hydrogen (secondary N) is 1. The average Bonchev–Trinajstić information content (AvgIpc) is 3.58. The first-order valence-electron chi connectivity index (χ1n) is 23.3. The molecule has 1 aromatic heterocycles. The van der Waals surface area contributed by atoms with Crippen LogP contribution >= 0.6 is 0 Å². The molecule has 0 bridgehead atoms. The van der Waals surface area contributed by atoms with Gasteiger partial charge in [-0.05, 0) is 185 Å². The number of aliphatic hydroxyl groups is 1. The summed E-state index contributed by atoms with van der Waals surface area (Å²) < 4.78 is 30.3. The van der Waals surface area contributed by atoms with Crippen molar-refractivity contribution >= 4 is 15.8 Å². The largest absolute Gasteiger partial charge is 0.481 e. The molecule has 4 fully saturated rings. The average molecular weight is 843 g/mol. The van der Waals surface area contributed by atoms with Gasteiger partial charge in [0, 0.05) is 29.0 Å². The number of aliphatic carboxylic acids is 1. The standard InChI is InChI=1S/C51H74N2O6S/c1-34(2)37-18-27-51(53-32-30-50(56)25-16-36(17-26-50)60(8,57)58)29-28-47(6)39(43(37)51)12-13-41-46(5)21-19-38(45(3,4)40(46)20-22-48(41,47)7)35-14-23-49(24-15-35,44(54)55)33-59-42-11-9-10-31-52-42/h9-11,14,16,19,31,37,39-41,43,53,56H,1,12-13,15,17-18,20-30,32-33H2,2-8H3,(H,54,55)/t37-,39+,40-,41+,43+,46-,47+,48+,49?,50+,51-/m0/s1. The van der Waals surface area contributed by atoms with Gasteiger partial charge in [0.1, 0.15) is 12.0 Å². The van der Waals surface area contributed by atoms with Gasteiger partial charge in [-0.2, -0.15) is 0 Å². The lowest BCUT2D eigenvalue weighted by atomic mass is 9.33. The number of carboxylic acid groups (broad SMARTS) is 1. The highest BCUT2D eigenvalue weighted by atomic mass is 32.2. The molecule has 11 atom stereocenters. The van der Waals surface area contributed by atoms with Crippen molar-refractivity contribution in [2.24, 2.45) is 56.7 Å². The lowest BCUT2D eigenvalue weighted by molar-refractivity contribution is -0.221. The summed E-state index contributed by atoms with van der Waals surface area (Å²) in [6, 6.07) is 5.48. The summed E-state index contributed by atoms with van der Waals surface area (Å²) in [7, 11) is -3.21. The molecule has 1 heterocycles. The molecule has 9 heteroatoms. The van der Waals surface area contributed by atoms with Crippen molar-refractivity contribution in [1.82, 2.24) is 10.3 Å².